The van der Waals surface area contributed by atoms with Gasteiger partial charge in [0.1, 0.15) is 0 Å². The second kappa shape index (κ2) is 8.18. The summed E-state index contributed by atoms with van der Waals surface area (Å²) in [5, 5.41) is 9.95. The minimum atomic E-state index is -4.32. The van der Waals surface area contributed by atoms with Gasteiger partial charge in [0.2, 0.25) is 0 Å². The number of hydrogen-bond donors (Lipinski definition) is 1. The van der Waals surface area contributed by atoms with E-state index in [9.17, 15) is 18.3 Å². The summed E-state index contributed by atoms with van der Waals surface area (Å²) in [6.45, 7) is 7.33. The van der Waals surface area contributed by atoms with E-state index in [1.165, 1.54) is 12.1 Å². The zero-order valence-electron chi connectivity index (χ0n) is 14.1. The lowest BCUT2D eigenvalue weighted by Crippen LogP contribution is -2.49. The van der Waals surface area contributed by atoms with Gasteiger partial charge in [0.25, 0.3) is 0 Å². The normalized spacial score (nSPS) is 18.2. The fraction of sp³-hybridized carbons (Fsp3) is 0.647. The molecule has 1 aromatic rings. The van der Waals surface area contributed by atoms with Crippen LogP contribution in [0.2, 0.25) is 0 Å². The first-order chi connectivity index (χ1) is 11.3. The lowest BCUT2D eigenvalue weighted by atomic mass is 10.1. The van der Waals surface area contributed by atoms with Crippen molar-refractivity contribution in [1.29, 1.82) is 0 Å². The van der Waals surface area contributed by atoms with Crippen molar-refractivity contribution >= 4 is 5.69 Å². The predicted molar refractivity (Wildman–Crippen MR) is 87.2 cm³/mol. The smallest absolute Gasteiger partial charge is 0.389 e. The SMILES string of the molecule is CC(C)OC[C@H](O)CN1CCN(c2cccc(C(F)(F)F)c2)CC1. The Balaban J connectivity index is 1.84. The summed E-state index contributed by atoms with van der Waals surface area (Å²) < 4.78 is 43.8. The average Bonchev–Trinajstić information content (AvgIpc) is 2.53. The molecular formula is C17H25F3N2O2. The number of ether oxygens (including phenoxy) is 1. The zero-order chi connectivity index (χ0) is 17.7. The average molecular weight is 346 g/mol. The van der Waals surface area contributed by atoms with Gasteiger partial charge in [-0.15, -0.1) is 0 Å². The Morgan fingerprint density at radius 2 is 1.83 bits per heavy atom. The summed E-state index contributed by atoms with van der Waals surface area (Å²) in [6.07, 6.45) is -4.79. The van der Waals surface area contributed by atoms with Crippen LogP contribution in [0.4, 0.5) is 18.9 Å². The number of anilines is 1. The number of aliphatic hydroxyl groups is 1. The molecule has 0 radical (unpaired) electrons. The number of halogens is 3. The van der Waals surface area contributed by atoms with Crippen molar-refractivity contribution in [3.8, 4) is 0 Å². The van der Waals surface area contributed by atoms with E-state index in [4.69, 9.17) is 4.74 Å². The molecule has 24 heavy (non-hydrogen) atoms. The number of nitrogens with zero attached hydrogens (tertiary/aromatic N) is 2. The number of rotatable bonds is 6. The molecule has 1 aliphatic heterocycles. The third-order valence-corrected chi connectivity index (χ3v) is 4.00. The van der Waals surface area contributed by atoms with Crippen LogP contribution in [0.1, 0.15) is 19.4 Å². The van der Waals surface area contributed by atoms with Crippen molar-refractivity contribution in [3.63, 3.8) is 0 Å². The maximum Gasteiger partial charge on any atom is 0.416 e. The van der Waals surface area contributed by atoms with E-state index in [-0.39, 0.29) is 6.10 Å². The molecule has 7 heteroatoms. The molecule has 0 aromatic heterocycles. The molecule has 0 spiro atoms. The topological polar surface area (TPSA) is 35.9 Å². The first kappa shape index (κ1) is 19.0. The molecule has 1 N–H and O–H groups in total. The minimum Gasteiger partial charge on any atom is -0.389 e. The third-order valence-electron chi connectivity index (χ3n) is 4.00. The van der Waals surface area contributed by atoms with Crippen LogP contribution in [0.25, 0.3) is 0 Å². The Labute approximate surface area is 140 Å². The monoisotopic (exact) mass is 346 g/mol. The lowest BCUT2D eigenvalue weighted by molar-refractivity contribution is -0.137. The van der Waals surface area contributed by atoms with Gasteiger partial charge in [0.05, 0.1) is 24.4 Å². The van der Waals surface area contributed by atoms with Crippen molar-refractivity contribution in [2.75, 3.05) is 44.2 Å². The highest BCUT2D eigenvalue weighted by Gasteiger charge is 2.31. The molecule has 4 nitrogen and oxygen atoms in total. The highest BCUT2D eigenvalue weighted by Crippen LogP contribution is 2.31. The molecule has 1 heterocycles. The summed E-state index contributed by atoms with van der Waals surface area (Å²) in [6, 6.07) is 5.43. The number of piperazine rings is 1. The van der Waals surface area contributed by atoms with Crippen LogP contribution in [0.3, 0.4) is 0 Å². The maximum atomic E-state index is 12.8. The third kappa shape index (κ3) is 5.65. The quantitative estimate of drug-likeness (QED) is 0.859. The predicted octanol–water partition coefficient (Wildman–Crippen LogP) is 2.61. The van der Waals surface area contributed by atoms with E-state index in [0.717, 1.165) is 6.07 Å². The number of hydrogen-bond acceptors (Lipinski definition) is 4. The highest BCUT2D eigenvalue weighted by atomic mass is 19.4. The summed E-state index contributed by atoms with van der Waals surface area (Å²) in [5.41, 5.74) is -0.0307. The van der Waals surface area contributed by atoms with E-state index in [1.54, 1.807) is 6.07 Å². The van der Waals surface area contributed by atoms with Crippen LogP contribution >= 0.6 is 0 Å². The summed E-state index contributed by atoms with van der Waals surface area (Å²) in [4.78, 5) is 4.06. The Kier molecular flexibility index (Phi) is 6.48. The van der Waals surface area contributed by atoms with Gasteiger partial charge in [-0.1, -0.05) is 6.07 Å². The Morgan fingerprint density at radius 3 is 2.42 bits per heavy atom. The number of aliphatic hydroxyl groups excluding tert-OH is 1. The van der Waals surface area contributed by atoms with Gasteiger partial charge < -0.3 is 14.7 Å². The Bertz CT molecular complexity index is 515. The molecule has 0 unspecified atom stereocenters. The molecule has 2 rings (SSSR count). The molecule has 1 atom stereocenters. The van der Waals surface area contributed by atoms with Crippen molar-refractivity contribution < 1.29 is 23.0 Å². The van der Waals surface area contributed by atoms with Crippen LogP contribution in [-0.4, -0.2) is 61.5 Å². The number of β-amino-alcohol motifs (C(OH)–C–C–N with tert-alkyl or cyclic N) is 1. The van der Waals surface area contributed by atoms with Crippen molar-refractivity contribution in [2.24, 2.45) is 0 Å². The molecular weight excluding hydrogens is 321 g/mol. The van der Waals surface area contributed by atoms with Crippen LogP contribution < -0.4 is 4.90 Å². The second-order valence-electron chi connectivity index (χ2n) is 6.37. The van der Waals surface area contributed by atoms with Crippen molar-refractivity contribution in [2.45, 2.75) is 32.2 Å². The molecule has 1 aliphatic rings. The molecule has 1 aromatic carbocycles. The highest BCUT2D eigenvalue weighted by molar-refractivity contribution is 5.49. The van der Waals surface area contributed by atoms with E-state index in [0.29, 0.717) is 45.0 Å². The molecule has 136 valence electrons. The molecule has 0 aliphatic carbocycles. The summed E-state index contributed by atoms with van der Waals surface area (Å²) in [5.74, 6) is 0. The van der Waals surface area contributed by atoms with Crippen molar-refractivity contribution in [1.82, 2.24) is 4.90 Å². The van der Waals surface area contributed by atoms with Gasteiger partial charge in [-0.2, -0.15) is 13.2 Å². The molecule has 0 saturated carbocycles. The molecule has 1 fully saturated rings. The van der Waals surface area contributed by atoms with Crippen LogP contribution in [0, 0.1) is 0 Å². The summed E-state index contributed by atoms with van der Waals surface area (Å²) in [7, 11) is 0. The molecule has 0 amide bonds. The van der Waals surface area contributed by atoms with E-state index in [2.05, 4.69) is 4.90 Å². The van der Waals surface area contributed by atoms with Crippen LogP contribution in [-0.2, 0) is 10.9 Å². The van der Waals surface area contributed by atoms with Gasteiger partial charge >= 0.3 is 6.18 Å². The molecule has 0 bridgehead atoms. The van der Waals surface area contributed by atoms with Gasteiger partial charge in [-0.05, 0) is 32.0 Å². The first-order valence-electron chi connectivity index (χ1n) is 8.20. The van der Waals surface area contributed by atoms with E-state index < -0.39 is 17.8 Å². The minimum absolute atomic E-state index is 0.0809. The largest absolute Gasteiger partial charge is 0.416 e. The first-order valence-corrected chi connectivity index (χ1v) is 8.20. The lowest BCUT2D eigenvalue weighted by Gasteiger charge is -2.37. The van der Waals surface area contributed by atoms with Gasteiger partial charge in [-0.3, -0.25) is 4.90 Å². The summed E-state index contributed by atoms with van der Waals surface area (Å²) >= 11 is 0. The maximum absolute atomic E-state index is 12.8. The van der Waals surface area contributed by atoms with E-state index >= 15 is 0 Å². The fourth-order valence-corrected chi connectivity index (χ4v) is 2.72. The Morgan fingerprint density at radius 1 is 1.17 bits per heavy atom. The van der Waals surface area contributed by atoms with Gasteiger partial charge in [0.15, 0.2) is 0 Å². The standard InChI is InChI=1S/C17H25F3N2O2/c1-13(2)24-12-16(23)11-21-6-8-22(9-7-21)15-5-3-4-14(10-15)17(18,19)20/h3-5,10,13,16,23H,6-9,11-12H2,1-2H3/t16-/m1/s1. The van der Waals surface area contributed by atoms with E-state index in [1.807, 2.05) is 18.7 Å². The zero-order valence-corrected chi connectivity index (χ0v) is 14.1. The van der Waals surface area contributed by atoms with Crippen LogP contribution in [0.5, 0.6) is 0 Å². The van der Waals surface area contributed by atoms with Gasteiger partial charge in [0, 0.05) is 38.4 Å². The Hall–Kier alpha value is -1.31. The van der Waals surface area contributed by atoms with Crippen LogP contribution in [0.15, 0.2) is 24.3 Å². The number of benzene rings is 1. The fourth-order valence-electron chi connectivity index (χ4n) is 2.72. The van der Waals surface area contributed by atoms with Gasteiger partial charge in [-0.25, -0.2) is 0 Å². The molecule has 1 saturated heterocycles. The number of alkyl halides is 3. The second-order valence-corrected chi connectivity index (χ2v) is 6.37. The van der Waals surface area contributed by atoms with Crippen molar-refractivity contribution in [3.05, 3.63) is 29.8 Å².